The molecule has 0 unspecified atom stereocenters. The van der Waals surface area contributed by atoms with Crippen molar-refractivity contribution in [1.29, 1.82) is 0 Å². The molecule has 0 amide bonds. The van der Waals surface area contributed by atoms with E-state index in [2.05, 4.69) is 15.3 Å². The number of nitrogens with one attached hydrogen (secondary N) is 1. The minimum Gasteiger partial charge on any atom is -0.404 e. The predicted octanol–water partition coefficient (Wildman–Crippen LogP) is 3.09. The lowest BCUT2D eigenvalue weighted by Gasteiger charge is -2.23. The molecular weight excluding hydrogens is 373 g/mol. The number of nitrogens with zero attached hydrogens (tertiary/aromatic N) is 3. The lowest BCUT2D eigenvalue weighted by Crippen LogP contribution is -2.28. The van der Waals surface area contributed by atoms with Gasteiger partial charge in [0.1, 0.15) is 11.6 Å². The Kier molecular flexibility index (Phi) is 7.13. The summed E-state index contributed by atoms with van der Waals surface area (Å²) in [5.41, 5.74) is 6.86. The van der Waals surface area contributed by atoms with Gasteiger partial charge in [0.15, 0.2) is 0 Å². The molecule has 1 saturated heterocycles. The van der Waals surface area contributed by atoms with Crippen LogP contribution in [0.1, 0.15) is 31.7 Å². The van der Waals surface area contributed by atoms with Crippen molar-refractivity contribution < 1.29 is 9.13 Å². The quantitative estimate of drug-likeness (QED) is 0.698. The van der Waals surface area contributed by atoms with Gasteiger partial charge in [-0.2, -0.15) is 0 Å². The molecule has 29 heavy (non-hydrogen) atoms. The molecule has 2 aromatic rings. The number of nitrogens with two attached hydrogens (primary N) is 1. The SMILES string of the molecule is CCCn1cc(N=CC(=CN)c2cnc(NC3CCOCC3)cc2F)ccc1=O. The van der Waals surface area contributed by atoms with Crippen LogP contribution in [-0.4, -0.2) is 35.0 Å². The number of hydrogen-bond acceptors (Lipinski definition) is 6. The highest BCUT2D eigenvalue weighted by Gasteiger charge is 2.15. The van der Waals surface area contributed by atoms with E-state index in [9.17, 15) is 9.18 Å². The lowest BCUT2D eigenvalue weighted by molar-refractivity contribution is 0.0904. The number of aromatic nitrogens is 2. The molecule has 0 radical (unpaired) electrons. The summed E-state index contributed by atoms with van der Waals surface area (Å²) in [5.74, 6) is 0.0479. The fourth-order valence-electron chi connectivity index (χ4n) is 3.13. The first-order valence-electron chi connectivity index (χ1n) is 9.77. The second kappa shape index (κ2) is 9.97. The zero-order valence-corrected chi connectivity index (χ0v) is 16.5. The maximum atomic E-state index is 14.7. The third-order valence-corrected chi connectivity index (χ3v) is 4.70. The van der Waals surface area contributed by atoms with Gasteiger partial charge in [-0.05, 0) is 25.3 Å². The average Bonchev–Trinajstić information content (AvgIpc) is 2.73. The summed E-state index contributed by atoms with van der Waals surface area (Å²) in [5, 5.41) is 3.24. The summed E-state index contributed by atoms with van der Waals surface area (Å²) >= 11 is 0. The topological polar surface area (TPSA) is 94.5 Å². The maximum absolute atomic E-state index is 14.7. The number of halogens is 1. The Bertz CT molecular complexity index is 948. The Balaban J connectivity index is 1.75. The molecule has 1 aliphatic heterocycles. The van der Waals surface area contributed by atoms with Gasteiger partial charge in [-0.25, -0.2) is 9.37 Å². The van der Waals surface area contributed by atoms with Gasteiger partial charge in [-0.3, -0.25) is 9.79 Å². The predicted molar refractivity (Wildman–Crippen MR) is 113 cm³/mol. The summed E-state index contributed by atoms with van der Waals surface area (Å²) in [7, 11) is 0. The van der Waals surface area contributed by atoms with Crippen molar-refractivity contribution in [2.75, 3.05) is 18.5 Å². The number of aryl methyl sites for hydroxylation is 1. The first kappa shape index (κ1) is 20.7. The Labute approximate surface area is 169 Å². The Morgan fingerprint density at radius 2 is 2.24 bits per heavy atom. The summed E-state index contributed by atoms with van der Waals surface area (Å²) in [6, 6.07) is 4.68. The van der Waals surface area contributed by atoms with E-state index in [0.717, 1.165) is 19.3 Å². The third kappa shape index (κ3) is 5.51. The van der Waals surface area contributed by atoms with E-state index in [4.69, 9.17) is 10.5 Å². The van der Waals surface area contributed by atoms with Crippen LogP contribution in [0, 0.1) is 5.82 Å². The maximum Gasteiger partial charge on any atom is 0.250 e. The van der Waals surface area contributed by atoms with Crippen molar-refractivity contribution in [2.24, 2.45) is 10.7 Å². The van der Waals surface area contributed by atoms with Gasteiger partial charge in [0, 0.05) is 73.9 Å². The molecule has 3 N–H and O–H groups in total. The summed E-state index contributed by atoms with van der Waals surface area (Å²) < 4.78 is 21.6. The van der Waals surface area contributed by atoms with Crippen LogP contribution in [0.4, 0.5) is 15.9 Å². The normalized spacial score (nSPS) is 15.7. The number of hydrogen-bond donors (Lipinski definition) is 2. The second-order valence-corrected chi connectivity index (χ2v) is 6.88. The van der Waals surface area contributed by atoms with Crippen molar-refractivity contribution in [3.05, 3.63) is 58.5 Å². The van der Waals surface area contributed by atoms with Crippen LogP contribution < -0.4 is 16.6 Å². The largest absolute Gasteiger partial charge is 0.404 e. The standard InChI is InChI=1S/C21H26FN5O2/c1-2-7-27-14-17(3-4-21(27)28)24-12-15(11-23)18-13-25-20(10-19(18)22)26-16-5-8-29-9-6-16/h3-4,10-14,16H,2,5-9,23H2,1H3,(H,25,26). The van der Waals surface area contributed by atoms with Crippen LogP contribution in [-0.2, 0) is 11.3 Å². The summed E-state index contributed by atoms with van der Waals surface area (Å²) in [6.07, 6.45) is 8.45. The molecular formula is C21H26FN5O2. The molecule has 0 atom stereocenters. The van der Waals surface area contributed by atoms with Crippen molar-refractivity contribution in [3.63, 3.8) is 0 Å². The zero-order valence-electron chi connectivity index (χ0n) is 16.5. The molecule has 1 fully saturated rings. The highest BCUT2D eigenvalue weighted by atomic mass is 19.1. The van der Waals surface area contributed by atoms with Gasteiger partial charge in [0.05, 0.1) is 5.69 Å². The van der Waals surface area contributed by atoms with Crippen LogP contribution in [0.2, 0.25) is 0 Å². The summed E-state index contributed by atoms with van der Waals surface area (Å²) in [6.45, 7) is 4.00. The fraction of sp³-hybridized carbons (Fsp3) is 0.381. The van der Waals surface area contributed by atoms with Crippen LogP contribution >= 0.6 is 0 Å². The highest BCUT2D eigenvalue weighted by Crippen LogP contribution is 2.21. The Hall–Kier alpha value is -3.00. The van der Waals surface area contributed by atoms with E-state index in [-0.39, 0.29) is 17.2 Å². The van der Waals surface area contributed by atoms with Gasteiger partial charge in [-0.15, -0.1) is 0 Å². The first-order valence-corrected chi connectivity index (χ1v) is 9.77. The molecule has 0 bridgehead atoms. The molecule has 0 spiro atoms. The number of rotatable bonds is 7. The Morgan fingerprint density at radius 1 is 1.45 bits per heavy atom. The lowest BCUT2D eigenvalue weighted by atomic mass is 10.1. The molecule has 1 aliphatic rings. The molecule has 0 aliphatic carbocycles. The van der Waals surface area contributed by atoms with Gasteiger partial charge < -0.3 is 20.4 Å². The van der Waals surface area contributed by atoms with Crippen LogP contribution in [0.15, 0.2) is 46.6 Å². The summed E-state index contributed by atoms with van der Waals surface area (Å²) in [4.78, 5) is 20.5. The molecule has 3 rings (SSSR count). The molecule has 154 valence electrons. The second-order valence-electron chi connectivity index (χ2n) is 6.88. The van der Waals surface area contributed by atoms with Gasteiger partial charge in [0.25, 0.3) is 5.56 Å². The highest BCUT2D eigenvalue weighted by molar-refractivity contribution is 6.10. The number of aliphatic imine (C=N–C) groups is 1. The molecule has 0 aromatic carbocycles. The molecule has 0 saturated carbocycles. The number of anilines is 1. The first-order chi connectivity index (χ1) is 14.1. The fourth-order valence-corrected chi connectivity index (χ4v) is 3.13. The van der Waals surface area contributed by atoms with E-state index < -0.39 is 5.82 Å². The zero-order chi connectivity index (χ0) is 20.6. The molecule has 2 aromatic heterocycles. The van der Waals surface area contributed by atoms with Gasteiger partial charge >= 0.3 is 0 Å². The van der Waals surface area contributed by atoms with Crippen molar-refractivity contribution in [2.45, 2.75) is 38.8 Å². The smallest absolute Gasteiger partial charge is 0.250 e. The molecule has 3 heterocycles. The Morgan fingerprint density at radius 3 is 2.93 bits per heavy atom. The minimum absolute atomic E-state index is 0.0803. The van der Waals surface area contributed by atoms with Gasteiger partial charge in [0.2, 0.25) is 0 Å². The van der Waals surface area contributed by atoms with Crippen LogP contribution in [0.25, 0.3) is 5.57 Å². The minimum atomic E-state index is -0.436. The number of ether oxygens (including phenoxy) is 1. The van der Waals surface area contributed by atoms with Crippen molar-refractivity contribution in [1.82, 2.24) is 9.55 Å². The van der Waals surface area contributed by atoms with E-state index in [1.807, 2.05) is 6.92 Å². The van der Waals surface area contributed by atoms with Crippen LogP contribution in [0.5, 0.6) is 0 Å². The monoisotopic (exact) mass is 399 g/mol. The van der Waals surface area contributed by atoms with Crippen molar-refractivity contribution >= 4 is 23.3 Å². The van der Waals surface area contributed by atoms with E-state index in [1.54, 1.807) is 16.8 Å². The molecule has 8 heteroatoms. The third-order valence-electron chi connectivity index (χ3n) is 4.70. The van der Waals surface area contributed by atoms with Gasteiger partial charge in [-0.1, -0.05) is 6.92 Å². The average molecular weight is 399 g/mol. The van der Waals surface area contributed by atoms with E-state index in [1.165, 1.54) is 30.7 Å². The molecule has 7 nitrogen and oxygen atoms in total. The number of allylic oxidation sites excluding steroid dienone is 1. The van der Waals surface area contributed by atoms with Crippen LogP contribution in [0.3, 0.4) is 0 Å². The number of pyridine rings is 2. The van der Waals surface area contributed by atoms with E-state index in [0.29, 0.717) is 36.8 Å². The van der Waals surface area contributed by atoms with Crippen molar-refractivity contribution in [3.8, 4) is 0 Å². The van der Waals surface area contributed by atoms with E-state index >= 15 is 0 Å².